The van der Waals surface area contributed by atoms with Gasteiger partial charge in [0.1, 0.15) is 0 Å². The van der Waals surface area contributed by atoms with Gasteiger partial charge in [-0.15, -0.1) is 0 Å². The summed E-state index contributed by atoms with van der Waals surface area (Å²) in [5, 5.41) is 0. The smallest absolute Gasteiger partial charge is 0.0290 e. The SMILES string of the molecule is C=C(C)/C=N\C=C/C. The maximum absolute atomic E-state index is 3.88. The topological polar surface area (TPSA) is 12.4 Å². The number of hydrogen-bond donors (Lipinski definition) is 0. The van der Waals surface area contributed by atoms with E-state index in [9.17, 15) is 0 Å². The van der Waals surface area contributed by atoms with E-state index in [0.29, 0.717) is 0 Å². The molecule has 0 aromatic heterocycles. The summed E-state index contributed by atoms with van der Waals surface area (Å²) in [6, 6.07) is 0. The van der Waals surface area contributed by atoms with Crippen LogP contribution >= 0.6 is 0 Å². The molecule has 0 atom stereocenters. The number of aliphatic imine (C=N–C) groups is 1. The summed E-state index contributed by atoms with van der Waals surface area (Å²) in [7, 11) is 0. The van der Waals surface area contributed by atoms with Crippen LogP contribution in [0.15, 0.2) is 29.4 Å². The van der Waals surface area contributed by atoms with E-state index in [1.807, 2.05) is 19.9 Å². The maximum atomic E-state index is 3.88. The molecule has 0 spiro atoms. The van der Waals surface area contributed by atoms with Gasteiger partial charge < -0.3 is 0 Å². The molecule has 0 fully saturated rings. The van der Waals surface area contributed by atoms with Crippen LogP contribution < -0.4 is 0 Å². The van der Waals surface area contributed by atoms with Crippen LogP contribution in [0.1, 0.15) is 13.8 Å². The largest absolute Gasteiger partial charge is 0.265 e. The first kappa shape index (κ1) is 7.15. The standard InChI is InChI=1S/C7H11N/c1-4-5-8-6-7(2)3/h4-6H,2H2,1,3H3/b5-4-,8-6-. The van der Waals surface area contributed by atoms with Gasteiger partial charge in [0.25, 0.3) is 0 Å². The summed E-state index contributed by atoms with van der Waals surface area (Å²) >= 11 is 0. The van der Waals surface area contributed by atoms with E-state index in [0.717, 1.165) is 5.57 Å². The number of allylic oxidation sites excluding steroid dienone is 2. The Morgan fingerprint density at radius 3 is 2.62 bits per heavy atom. The van der Waals surface area contributed by atoms with E-state index in [1.54, 1.807) is 12.4 Å². The molecule has 0 aliphatic heterocycles. The molecule has 0 aliphatic carbocycles. The monoisotopic (exact) mass is 109 g/mol. The Morgan fingerprint density at radius 2 is 2.25 bits per heavy atom. The van der Waals surface area contributed by atoms with Gasteiger partial charge in [-0.05, 0) is 19.4 Å². The lowest BCUT2D eigenvalue weighted by Gasteiger charge is -1.78. The Hall–Kier alpha value is -0.850. The van der Waals surface area contributed by atoms with E-state index < -0.39 is 0 Å². The van der Waals surface area contributed by atoms with E-state index in [4.69, 9.17) is 0 Å². The molecule has 0 unspecified atom stereocenters. The molecule has 44 valence electrons. The highest BCUT2D eigenvalue weighted by molar-refractivity contribution is 5.77. The van der Waals surface area contributed by atoms with Gasteiger partial charge in [0.15, 0.2) is 0 Å². The molecule has 0 aromatic rings. The summed E-state index contributed by atoms with van der Waals surface area (Å²) < 4.78 is 0. The third kappa shape index (κ3) is 5.15. The van der Waals surface area contributed by atoms with Crippen LogP contribution in [0, 0.1) is 0 Å². The van der Waals surface area contributed by atoms with Crippen molar-refractivity contribution in [3.8, 4) is 0 Å². The first-order valence-corrected chi connectivity index (χ1v) is 2.57. The Balaban J connectivity index is 3.50. The zero-order chi connectivity index (χ0) is 6.41. The van der Waals surface area contributed by atoms with Crippen molar-refractivity contribution in [1.82, 2.24) is 0 Å². The van der Waals surface area contributed by atoms with Crippen LogP contribution in [0.2, 0.25) is 0 Å². The fraction of sp³-hybridized carbons (Fsp3) is 0.286. The van der Waals surface area contributed by atoms with Crippen molar-refractivity contribution in [3.63, 3.8) is 0 Å². The normalized spacial score (nSPS) is 11.2. The van der Waals surface area contributed by atoms with Crippen molar-refractivity contribution >= 4 is 6.21 Å². The van der Waals surface area contributed by atoms with Gasteiger partial charge in [0.2, 0.25) is 0 Å². The lowest BCUT2D eigenvalue weighted by atomic mass is 10.4. The van der Waals surface area contributed by atoms with Gasteiger partial charge in [-0.1, -0.05) is 12.7 Å². The van der Waals surface area contributed by atoms with E-state index in [1.165, 1.54) is 0 Å². The van der Waals surface area contributed by atoms with Gasteiger partial charge in [0.05, 0.1) is 0 Å². The first-order chi connectivity index (χ1) is 3.77. The molecule has 1 heteroatoms. The highest BCUT2D eigenvalue weighted by Crippen LogP contribution is 1.79. The van der Waals surface area contributed by atoms with Crippen LogP contribution in [-0.4, -0.2) is 6.21 Å². The van der Waals surface area contributed by atoms with Crippen molar-refractivity contribution in [3.05, 3.63) is 24.4 Å². The minimum atomic E-state index is 0.975. The first-order valence-electron chi connectivity index (χ1n) is 2.57. The number of hydrogen-bond acceptors (Lipinski definition) is 1. The molecule has 0 heterocycles. The molecule has 0 rings (SSSR count). The second-order valence-corrected chi connectivity index (χ2v) is 1.61. The summed E-state index contributed by atoms with van der Waals surface area (Å²) in [4.78, 5) is 3.88. The fourth-order valence-corrected chi connectivity index (χ4v) is 0.256. The second kappa shape index (κ2) is 4.31. The van der Waals surface area contributed by atoms with Gasteiger partial charge in [0, 0.05) is 12.4 Å². The molecule has 8 heavy (non-hydrogen) atoms. The molecular weight excluding hydrogens is 98.1 g/mol. The molecule has 0 amide bonds. The average molecular weight is 109 g/mol. The highest BCUT2D eigenvalue weighted by atomic mass is 14.7. The number of rotatable bonds is 2. The molecule has 0 N–H and O–H groups in total. The molecular formula is C7H11N. The van der Waals surface area contributed by atoms with Gasteiger partial charge in [-0.3, -0.25) is 4.99 Å². The summed E-state index contributed by atoms with van der Waals surface area (Å²) in [5.74, 6) is 0. The van der Waals surface area contributed by atoms with E-state index in [-0.39, 0.29) is 0 Å². The molecule has 0 aliphatic rings. The van der Waals surface area contributed by atoms with Crippen LogP contribution in [0.4, 0.5) is 0 Å². The molecule has 0 saturated carbocycles. The van der Waals surface area contributed by atoms with Crippen molar-refractivity contribution in [2.45, 2.75) is 13.8 Å². The Kier molecular flexibility index (Phi) is 3.85. The summed E-state index contributed by atoms with van der Waals surface area (Å²) in [5.41, 5.74) is 0.975. The van der Waals surface area contributed by atoms with Crippen molar-refractivity contribution < 1.29 is 0 Å². The van der Waals surface area contributed by atoms with Gasteiger partial charge >= 0.3 is 0 Å². The molecule has 0 saturated heterocycles. The Labute approximate surface area is 50.4 Å². The Morgan fingerprint density at radius 1 is 1.62 bits per heavy atom. The minimum Gasteiger partial charge on any atom is -0.265 e. The summed E-state index contributed by atoms with van der Waals surface area (Å²) in [6.45, 7) is 7.48. The Bertz CT molecular complexity index is 120. The van der Waals surface area contributed by atoms with Crippen LogP contribution in [0.3, 0.4) is 0 Å². The zero-order valence-electron chi connectivity index (χ0n) is 5.39. The maximum Gasteiger partial charge on any atom is 0.0290 e. The van der Waals surface area contributed by atoms with Crippen LogP contribution in [-0.2, 0) is 0 Å². The third-order valence-electron chi connectivity index (χ3n) is 0.530. The third-order valence-corrected chi connectivity index (χ3v) is 0.530. The van der Waals surface area contributed by atoms with Crippen LogP contribution in [0.5, 0.6) is 0 Å². The fourth-order valence-electron chi connectivity index (χ4n) is 0.256. The van der Waals surface area contributed by atoms with E-state index >= 15 is 0 Å². The van der Waals surface area contributed by atoms with E-state index in [2.05, 4.69) is 11.6 Å². The minimum absolute atomic E-state index is 0.975. The van der Waals surface area contributed by atoms with Crippen molar-refractivity contribution in [1.29, 1.82) is 0 Å². The molecule has 0 radical (unpaired) electrons. The van der Waals surface area contributed by atoms with Crippen LogP contribution in [0.25, 0.3) is 0 Å². The molecule has 1 nitrogen and oxygen atoms in total. The predicted octanol–water partition coefficient (Wildman–Crippen LogP) is 2.17. The summed E-state index contributed by atoms with van der Waals surface area (Å²) in [6.07, 6.45) is 5.33. The molecule has 0 bridgehead atoms. The second-order valence-electron chi connectivity index (χ2n) is 1.61. The zero-order valence-corrected chi connectivity index (χ0v) is 5.39. The number of nitrogens with zero attached hydrogens (tertiary/aromatic N) is 1. The lowest BCUT2D eigenvalue weighted by Crippen LogP contribution is -1.68. The predicted molar refractivity (Wildman–Crippen MR) is 38.1 cm³/mol. The van der Waals surface area contributed by atoms with Crippen molar-refractivity contribution in [2.75, 3.05) is 0 Å². The lowest BCUT2D eigenvalue weighted by molar-refractivity contribution is 1.52. The highest BCUT2D eigenvalue weighted by Gasteiger charge is 1.67. The van der Waals surface area contributed by atoms with Gasteiger partial charge in [-0.2, -0.15) is 0 Å². The molecule has 0 aromatic carbocycles. The quantitative estimate of drug-likeness (QED) is 0.482. The van der Waals surface area contributed by atoms with Crippen molar-refractivity contribution in [2.24, 2.45) is 4.99 Å². The average Bonchev–Trinajstić information content (AvgIpc) is 1.66. The van der Waals surface area contributed by atoms with Gasteiger partial charge in [-0.25, -0.2) is 0 Å².